The zero-order valence-corrected chi connectivity index (χ0v) is 13.7. The van der Waals surface area contributed by atoms with E-state index in [1.165, 1.54) is 32.3 Å². The molecule has 0 bridgehead atoms. The van der Waals surface area contributed by atoms with E-state index in [4.69, 9.17) is 11.6 Å². The van der Waals surface area contributed by atoms with Crippen LogP contribution >= 0.6 is 11.6 Å². The van der Waals surface area contributed by atoms with Crippen molar-refractivity contribution in [3.05, 3.63) is 58.9 Å². The zero-order valence-electron chi connectivity index (χ0n) is 12.2. The number of rotatable bonds is 5. The summed E-state index contributed by atoms with van der Waals surface area (Å²) in [6.07, 6.45) is 0. The molecule has 0 heterocycles. The van der Waals surface area contributed by atoms with Crippen molar-refractivity contribution >= 4 is 27.3 Å². The molecule has 4 nitrogen and oxygen atoms in total. The van der Waals surface area contributed by atoms with E-state index in [2.05, 4.69) is 5.32 Å². The van der Waals surface area contributed by atoms with Crippen molar-refractivity contribution < 1.29 is 12.8 Å². The molecule has 1 N–H and O–H groups in total. The van der Waals surface area contributed by atoms with Crippen molar-refractivity contribution in [3.63, 3.8) is 0 Å². The van der Waals surface area contributed by atoms with Gasteiger partial charge in [0.1, 0.15) is 5.82 Å². The highest BCUT2D eigenvalue weighted by Gasteiger charge is 2.17. The first-order valence-electron chi connectivity index (χ1n) is 6.51. The molecule has 0 fully saturated rings. The molecular weight excluding hydrogens is 327 g/mol. The van der Waals surface area contributed by atoms with Crippen molar-refractivity contribution in [2.24, 2.45) is 0 Å². The van der Waals surface area contributed by atoms with E-state index < -0.39 is 15.8 Å². The summed E-state index contributed by atoms with van der Waals surface area (Å²) in [5.74, 6) is -0.408. The van der Waals surface area contributed by atoms with Crippen LogP contribution in [0.4, 0.5) is 10.1 Å². The van der Waals surface area contributed by atoms with Crippen LogP contribution in [0.1, 0.15) is 5.56 Å². The molecule has 2 aromatic rings. The summed E-state index contributed by atoms with van der Waals surface area (Å²) < 4.78 is 38.3. The van der Waals surface area contributed by atoms with Crippen LogP contribution in [0.5, 0.6) is 0 Å². The topological polar surface area (TPSA) is 49.4 Å². The largest absolute Gasteiger partial charge is 0.380 e. The number of sulfonamides is 1. The predicted octanol–water partition coefficient (Wildman–Crippen LogP) is 3.34. The Labute approximate surface area is 134 Å². The van der Waals surface area contributed by atoms with Crippen LogP contribution in [0.15, 0.2) is 47.4 Å². The molecule has 0 spiro atoms. The van der Waals surface area contributed by atoms with Gasteiger partial charge in [-0.25, -0.2) is 17.1 Å². The lowest BCUT2D eigenvalue weighted by Crippen LogP contribution is -2.22. The molecule has 0 aliphatic heterocycles. The number of nitrogens with zero attached hydrogens (tertiary/aromatic N) is 1. The predicted molar refractivity (Wildman–Crippen MR) is 86.1 cm³/mol. The van der Waals surface area contributed by atoms with Gasteiger partial charge in [0.15, 0.2) is 0 Å². The molecule has 0 amide bonds. The maximum Gasteiger partial charge on any atom is 0.242 e. The molecule has 0 atom stereocenters. The molecule has 0 aromatic heterocycles. The molecule has 2 aromatic carbocycles. The van der Waals surface area contributed by atoms with Gasteiger partial charge in [-0.05, 0) is 35.9 Å². The number of benzene rings is 2. The van der Waals surface area contributed by atoms with E-state index in [0.29, 0.717) is 12.2 Å². The summed E-state index contributed by atoms with van der Waals surface area (Å²) in [7, 11) is -0.497. The highest BCUT2D eigenvalue weighted by atomic mass is 35.5. The van der Waals surface area contributed by atoms with Gasteiger partial charge in [0.25, 0.3) is 0 Å². The summed E-state index contributed by atoms with van der Waals surface area (Å²) >= 11 is 5.94. The second-order valence-electron chi connectivity index (χ2n) is 4.91. The fourth-order valence-electron chi connectivity index (χ4n) is 1.86. The number of halogens is 2. The van der Waals surface area contributed by atoms with Gasteiger partial charge in [0.05, 0.1) is 15.6 Å². The molecule has 2 rings (SSSR count). The Hall–Kier alpha value is -1.63. The standard InChI is InChI=1S/C15H16ClFN2O2S/c1-19(2)22(20,21)13-5-3-4-11(8-13)10-18-15-7-6-12(17)9-14(15)16/h3-9,18H,10H2,1-2H3. The van der Waals surface area contributed by atoms with E-state index in [1.807, 2.05) is 0 Å². The molecular formula is C15H16ClFN2O2S. The maximum atomic E-state index is 13.0. The van der Waals surface area contributed by atoms with E-state index >= 15 is 0 Å². The molecule has 0 unspecified atom stereocenters. The van der Waals surface area contributed by atoms with Crippen LogP contribution in [0, 0.1) is 5.82 Å². The highest BCUT2D eigenvalue weighted by Crippen LogP contribution is 2.23. The van der Waals surface area contributed by atoms with Crippen molar-refractivity contribution in [2.45, 2.75) is 11.4 Å². The highest BCUT2D eigenvalue weighted by molar-refractivity contribution is 7.89. The molecule has 7 heteroatoms. The minimum Gasteiger partial charge on any atom is -0.380 e. The van der Waals surface area contributed by atoms with Crippen LogP contribution in [-0.4, -0.2) is 26.8 Å². The zero-order chi connectivity index (χ0) is 16.3. The van der Waals surface area contributed by atoms with Gasteiger partial charge in [-0.2, -0.15) is 0 Å². The summed E-state index contributed by atoms with van der Waals surface area (Å²) in [4.78, 5) is 0.224. The first-order chi connectivity index (χ1) is 10.3. The van der Waals surface area contributed by atoms with Crippen LogP contribution in [0.3, 0.4) is 0 Å². The quantitative estimate of drug-likeness (QED) is 0.906. The van der Waals surface area contributed by atoms with Crippen molar-refractivity contribution in [2.75, 3.05) is 19.4 Å². The molecule has 22 heavy (non-hydrogen) atoms. The minimum atomic E-state index is -3.47. The number of hydrogen-bond donors (Lipinski definition) is 1. The molecule has 0 aliphatic rings. The molecule has 0 radical (unpaired) electrons. The number of nitrogens with one attached hydrogen (secondary N) is 1. The smallest absolute Gasteiger partial charge is 0.242 e. The Bertz CT molecular complexity index is 779. The van der Waals surface area contributed by atoms with Gasteiger partial charge in [0.2, 0.25) is 10.0 Å². The SMILES string of the molecule is CN(C)S(=O)(=O)c1cccc(CNc2ccc(F)cc2Cl)c1. The monoisotopic (exact) mass is 342 g/mol. The van der Waals surface area contributed by atoms with Gasteiger partial charge in [-0.1, -0.05) is 23.7 Å². The van der Waals surface area contributed by atoms with Crippen LogP contribution in [0.2, 0.25) is 5.02 Å². The lowest BCUT2D eigenvalue weighted by atomic mass is 10.2. The van der Waals surface area contributed by atoms with Gasteiger partial charge in [0, 0.05) is 20.6 Å². The van der Waals surface area contributed by atoms with E-state index in [0.717, 1.165) is 9.87 Å². The fraction of sp³-hybridized carbons (Fsp3) is 0.200. The second-order valence-corrected chi connectivity index (χ2v) is 7.47. The fourth-order valence-corrected chi connectivity index (χ4v) is 3.06. The van der Waals surface area contributed by atoms with Crippen molar-refractivity contribution in [3.8, 4) is 0 Å². The first-order valence-corrected chi connectivity index (χ1v) is 8.33. The van der Waals surface area contributed by atoms with E-state index in [1.54, 1.807) is 24.3 Å². The van der Waals surface area contributed by atoms with Gasteiger partial charge >= 0.3 is 0 Å². The minimum absolute atomic E-state index is 0.224. The second kappa shape index (κ2) is 6.64. The summed E-state index contributed by atoms with van der Waals surface area (Å²) in [5, 5.41) is 3.33. The Balaban J connectivity index is 2.18. The summed E-state index contributed by atoms with van der Waals surface area (Å²) in [5.41, 5.74) is 1.37. The van der Waals surface area contributed by atoms with Crippen molar-refractivity contribution in [1.82, 2.24) is 4.31 Å². The molecule has 0 saturated carbocycles. The maximum absolute atomic E-state index is 13.0. The third kappa shape index (κ3) is 3.76. The third-order valence-corrected chi connectivity index (χ3v) is 5.21. The normalized spacial score (nSPS) is 11.7. The average Bonchev–Trinajstić information content (AvgIpc) is 2.46. The van der Waals surface area contributed by atoms with Crippen LogP contribution in [-0.2, 0) is 16.6 Å². The summed E-state index contributed by atoms with van der Waals surface area (Å²) in [6.45, 7) is 0.377. The summed E-state index contributed by atoms with van der Waals surface area (Å²) in [6, 6.07) is 10.7. The Kier molecular flexibility index (Phi) is 5.05. The Morgan fingerprint density at radius 3 is 2.55 bits per heavy atom. The van der Waals surface area contributed by atoms with E-state index in [-0.39, 0.29) is 9.92 Å². The number of anilines is 1. The van der Waals surface area contributed by atoms with Crippen LogP contribution in [0.25, 0.3) is 0 Å². The van der Waals surface area contributed by atoms with Gasteiger partial charge < -0.3 is 5.32 Å². The van der Waals surface area contributed by atoms with Gasteiger partial charge in [-0.15, -0.1) is 0 Å². The first kappa shape index (κ1) is 16.7. The molecule has 118 valence electrons. The lowest BCUT2D eigenvalue weighted by Gasteiger charge is -2.13. The third-order valence-electron chi connectivity index (χ3n) is 3.09. The lowest BCUT2D eigenvalue weighted by molar-refractivity contribution is 0.520. The van der Waals surface area contributed by atoms with Crippen LogP contribution < -0.4 is 5.32 Å². The Morgan fingerprint density at radius 1 is 1.18 bits per heavy atom. The number of hydrogen-bond acceptors (Lipinski definition) is 3. The average molecular weight is 343 g/mol. The van der Waals surface area contributed by atoms with E-state index in [9.17, 15) is 12.8 Å². The van der Waals surface area contributed by atoms with Crippen molar-refractivity contribution in [1.29, 1.82) is 0 Å². The Morgan fingerprint density at radius 2 is 1.91 bits per heavy atom. The molecule has 0 saturated heterocycles. The molecule has 0 aliphatic carbocycles. The van der Waals surface area contributed by atoms with Gasteiger partial charge in [-0.3, -0.25) is 0 Å².